The van der Waals surface area contributed by atoms with E-state index < -0.39 is 0 Å². The Kier molecular flexibility index (Phi) is 6.04. The summed E-state index contributed by atoms with van der Waals surface area (Å²) in [6.45, 7) is 4.94. The van der Waals surface area contributed by atoms with Gasteiger partial charge in [0.15, 0.2) is 0 Å². The van der Waals surface area contributed by atoms with Gasteiger partial charge in [-0.3, -0.25) is 9.78 Å². The number of carbonyl (C=O) groups is 1. The first kappa shape index (κ1) is 17.5. The standard InChI is InChI=1S/C21H27N3O/c1-2-20(18-6-4-3-5-7-18)21(25)23-16-17-10-14-24(15-11-17)19-8-12-22-13-9-19/h3-9,12-13,17,20H,2,10-11,14-16H2,1H3,(H,23,25)/t20-/m1/s1. The molecule has 1 saturated heterocycles. The monoisotopic (exact) mass is 337 g/mol. The van der Waals surface area contributed by atoms with E-state index in [2.05, 4.69) is 34.3 Å². The molecule has 0 bridgehead atoms. The average molecular weight is 337 g/mol. The molecule has 4 nitrogen and oxygen atoms in total. The van der Waals surface area contributed by atoms with E-state index in [4.69, 9.17) is 0 Å². The van der Waals surface area contributed by atoms with Crippen LogP contribution < -0.4 is 10.2 Å². The molecule has 1 N–H and O–H groups in total. The molecule has 3 rings (SSSR count). The summed E-state index contributed by atoms with van der Waals surface area (Å²) in [5.41, 5.74) is 2.35. The molecule has 2 aromatic rings. The Morgan fingerprint density at radius 2 is 1.84 bits per heavy atom. The maximum atomic E-state index is 12.6. The minimum atomic E-state index is -0.0434. The molecule has 1 fully saturated rings. The summed E-state index contributed by atoms with van der Waals surface area (Å²) in [4.78, 5) is 19.1. The number of hydrogen-bond donors (Lipinski definition) is 1. The van der Waals surface area contributed by atoms with E-state index in [1.165, 1.54) is 5.69 Å². The van der Waals surface area contributed by atoms with Gasteiger partial charge in [0.25, 0.3) is 0 Å². The first-order chi connectivity index (χ1) is 12.3. The molecule has 1 aliphatic rings. The zero-order valence-electron chi connectivity index (χ0n) is 14.9. The van der Waals surface area contributed by atoms with Gasteiger partial charge in [-0.2, -0.15) is 0 Å². The molecule has 1 aromatic carbocycles. The van der Waals surface area contributed by atoms with Crippen molar-refractivity contribution < 1.29 is 4.79 Å². The molecule has 0 radical (unpaired) electrons. The first-order valence-corrected chi connectivity index (χ1v) is 9.25. The molecule has 0 spiro atoms. The maximum Gasteiger partial charge on any atom is 0.227 e. The molecule has 1 aromatic heterocycles. The Morgan fingerprint density at radius 3 is 2.48 bits per heavy atom. The van der Waals surface area contributed by atoms with Gasteiger partial charge in [0.2, 0.25) is 5.91 Å². The lowest BCUT2D eigenvalue weighted by atomic mass is 9.94. The Bertz CT molecular complexity index is 651. The third-order valence-corrected chi connectivity index (χ3v) is 5.13. The zero-order valence-corrected chi connectivity index (χ0v) is 14.9. The summed E-state index contributed by atoms with van der Waals surface area (Å²) < 4.78 is 0. The number of aromatic nitrogens is 1. The van der Waals surface area contributed by atoms with Crippen LogP contribution in [0.4, 0.5) is 5.69 Å². The van der Waals surface area contributed by atoms with Crippen molar-refractivity contribution in [3.8, 4) is 0 Å². The highest BCUT2D eigenvalue weighted by atomic mass is 16.1. The minimum Gasteiger partial charge on any atom is -0.371 e. The minimum absolute atomic E-state index is 0.0434. The lowest BCUT2D eigenvalue weighted by Gasteiger charge is -2.33. The van der Waals surface area contributed by atoms with Crippen LogP contribution in [0.15, 0.2) is 54.9 Å². The lowest BCUT2D eigenvalue weighted by molar-refractivity contribution is -0.122. The second-order valence-corrected chi connectivity index (χ2v) is 6.75. The van der Waals surface area contributed by atoms with E-state index in [0.29, 0.717) is 5.92 Å². The Labute approximate surface area is 150 Å². The third kappa shape index (κ3) is 4.59. The molecule has 0 unspecified atom stereocenters. The van der Waals surface area contributed by atoms with Crippen LogP contribution in [0, 0.1) is 5.92 Å². The van der Waals surface area contributed by atoms with Crippen LogP contribution in [0.3, 0.4) is 0 Å². The van der Waals surface area contributed by atoms with Gasteiger partial charge in [0, 0.05) is 37.7 Å². The van der Waals surface area contributed by atoms with E-state index in [1.54, 1.807) is 0 Å². The van der Waals surface area contributed by atoms with Crippen molar-refractivity contribution in [3.63, 3.8) is 0 Å². The molecule has 1 amide bonds. The van der Waals surface area contributed by atoms with Gasteiger partial charge in [0.05, 0.1) is 5.92 Å². The molecule has 2 heterocycles. The van der Waals surface area contributed by atoms with Crippen LogP contribution in [0.1, 0.15) is 37.7 Å². The van der Waals surface area contributed by atoms with Crippen molar-refractivity contribution in [2.45, 2.75) is 32.1 Å². The third-order valence-electron chi connectivity index (χ3n) is 5.13. The number of hydrogen-bond acceptors (Lipinski definition) is 3. The molecule has 4 heteroatoms. The number of pyridine rings is 1. The number of nitrogens with one attached hydrogen (secondary N) is 1. The van der Waals surface area contributed by atoms with Crippen molar-refractivity contribution in [3.05, 3.63) is 60.4 Å². The number of amides is 1. The molecular formula is C21H27N3O. The van der Waals surface area contributed by atoms with E-state index in [9.17, 15) is 4.79 Å². The molecule has 0 saturated carbocycles. The Morgan fingerprint density at radius 1 is 1.16 bits per heavy atom. The maximum absolute atomic E-state index is 12.6. The van der Waals surface area contributed by atoms with Crippen molar-refractivity contribution in [2.24, 2.45) is 5.92 Å². The van der Waals surface area contributed by atoms with Crippen LogP contribution in [-0.2, 0) is 4.79 Å². The van der Waals surface area contributed by atoms with Crippen LogP contribution >= 0.6 is 0 Å². The van der Waals surface area contributed by atoms with Gasteiger partial charge >= 0.3 is 0 Å². The highest BCUT2D eigenvalue weighted by Gasteiger charge is 2.22. The van der Waals surface area contributed by atoms with E-state index >= 15 is 0 Å². The molecule has 132 valence electrons. The highest BCUT2D eigenvalue weighted by Crippen LogP contribution is 2.23. The SMILES string of the molecule is CC[C@@H](C(=O)NCC1CCN(c2ccncc2)CC1)c1ccccc1. The smallest absolute Gasteiger partial charge is 0.227 e. The summed E-state index contributed by atoms with van der Waals surface area (Å²) in [6, 6.07) is 14.2. The predicted octanol–water partition coefficient (Wildman–Crippen LogP) is 3.61. The summed E-state index contributed by atoms with van der Waals surface area (Å²) >= 11 is 0. The number of carbonyl (C=O) groups excluding carboxylic acids is 1. The van der Waals surface area contributed by atoms with E-state index in [0.717, 1.165) is 44.5 Å². The quantitative estimate of drug-likeness (QED) is 0.876. The highest BCUT2D eigenvalue weighted by molar-refractivity contribution is 5.83. The molecule has 0 aliphatic carbocycles. The largest absolute Gasteiger partial charge is 0.371 e. The fourth-order valence-electron chi connectivity index (χ4n) is 3.58. The van der Waals surface area contributed by atoms with Crippen LogP contribution in [-0.4, -0.2) is 30.5 Å². The van der Waals surface area contributed by atoms with Crippen molar-refractivity contribution >= 4 is 11.6 Å². The summed E-state index contributed by atoms with van der Waals surface area (Å²) in [5.74, 6) is 0.679. The Balaban J connectivity index is 1.47. The molecule has 25 heavy (non-hydrogen) atoms. The number of nitrogens with zero attached hydrogens (tertiary/aromatic N) is 2. The average Bonchev–Trinajstić information content (AvgIpc) is 2.69. The normalized spacial score (nSPS) is 16.4. The first-order valence-electron chi connectivity index (χ1n) is 9.25. The summed E-state index contributed by atoms with van der Waals surface area (Å²) in [6.07, 6.45) is 6.75. The fourth-order valence-corrected chi connectivity index (χ4v) is 3.58. The number of piperidine rings is 1. The fraction of sp³-hybridized carbons (Fsp3) is 0.429. The predicted molar refractivity (Wildman–Crippen MR) is 102 cm³/mol. The van der Waals surface area contributed by atoms with Crippen molar-refractivity contribution in [2.75, 3.05) is 24.5 Å². The summed E-state index contributed by atoms with van der Waals surface area (Å²) in [5, 5.41) is 3.19. The topological polar surface area (TPSA) is 45.2 Å². The molecule has 1 aliphatic heterocycles. The number of benzene rings is 1. The second kappa shape index (κ2) is 8.65. The molecule has 1 atom stereocenters. The summed E-state index contributed by atoms with van der Waals surface area (Å²) in [7, 11) is 0. The van der Waals surface area contributed by atoms with Crippen LogP contribution in [0.2, 0.25) is 0 Å². The van der Waals surface area contributed by atoms with Crippen molar-refractivity contribution in [1.82, 2.24) is 10.3 Å². The van der Waals surface area contributed by atoms with Crippen LogP contribution in [0.25, 0.3) is 0 Å². The van der Waals surface area contributed by atoms with Crippen LogP contribution in [0.5, 0.6) is 0 Å². The Hall–Kier alpha value is -2.36. The van der Waals surface area contributed by atoms with Gasteiger partial charge in [-0.1, -0.05) is 37.3 Å². The van der Waals surface area contributed by atoms with Gasteiger partial charge in [-0.05, 0) is 42.9 Å². The second-order valence-electron chi connectivity index (χ2n) is 6.75. The van der Waals surface area contributed by atoms with Gasteiger partial charge in [-0.15, -0.1) is 0 Å². The number of rotatable bonds is 6. The van der Waals surface area contributed by atoms with E-state index in [1.807, 2.05) is 42.7 Å². The van der Waals surface area contributed by atoms with E-state index in [-0.39, 0.29) is 11.8 Å². The molecular weight excluding hydrogens is 310 g/mol. The van der Waals surface area contributed by atoms with Crippen molar-refractivity contribution in [1.29, 1.82) is 0 Å². The number of anilines is 1. The lowest BCUT2D eigenvalue weighted by Crippen LogP contribution is -2.39. The van der Waals surface area contributed by atoms with Gasteiger partial charge in [0.1, 0.15) is 0 Å². The van der Waals surface area contributed by atoms with Gasteiger partial charge < -0.3 is 10.2 Å². The zero-order chi connectivity index (χ0) is 17.5. The van der Waals surface area contributed by atoms with Gasteiger partial charge in [-0.25, -0.2) is 0 Å².